The minimum Gasteiger partial charge on any atom is -0.507 e. The van der Waals surface area contributed by atoms with Crippen LogP contribution in [-0.2, 0) is 22.4 Å². The number of carboxylic acids is 1. The number of carbonyl (C=O) groups is 2. The van der Waals surface area contributed by atoms with Gasteiger partial charge in [-0.1, -0.05) is 26.3 Å². The molecule has 2 unspecified atom stereocenters. The molecule has 1 aromatic rings. The fourth-order valence-electron chi connectivity index (χ4n) is 3.79. The monoisotopic (exact) mass is 454 g/mol. The Bertz CT molecular complexity index is 737. The van der Waals surface area contributed by atoms with Crippen LogP contribution in [0.5, 0.6) is 5.75 Å². The van der Waals surface area contributed by atoms with Crippen LogP contribution in [-0.4, -0.2) is 50.3 Å². The molecule has 0 saturated carbocycles. The third-order valence-corrected chi connectivity index (χ3v) is 8.57. The van der Waals surface area contributed by atoms with Crippen LogP contribution in [0.1, 0.15) is 74.4 Å². The van der Waals surface area contributed by atoms with Gasteiger partial charge in [-0.2, -0.15) is 11.8 Å². The summed E-state index contributed by atoms with van der Waals surface area (Å²) in [4.78, 5) is 22.3. The van der Waals surface area contributed by atoms with E-state index in [1.807, 2.05) is 17.8 Å². The van der Waals surface area contributed by atoms with Gasteiger partial charge in [0, 0.05) is 17.4 Å². The summed E-state index contributed by atoms with van der Waals surface area (Å²) in [6.45, 7) is 6.31. The number of aliphatic carboxylic acids is 1. The number of benzene rings is 1. The number of phenolic OH excluding ortho intramolecular Hbond substituents is 1. The third kappa shape index (κ3) is 6.92. The average Bonchev–Trinajstić information content (AvgIpc) is 3.12. The van der Waals surface area contributed by atoms with Gasteiger partial charge in [0.05, 0.1) is 12.2 Å². The standard InChI is InChI=1S/C23H34O5S2/c1-4-7-20-17(9-10-19(16(3)24)22(20)27)8-6-13-29-15-18-14-28-23(5-2,30-18)12-11-21(25)26/h9-10,18,27H,4-8,11-15H2,1-3H3,(H,25,26). The molecule has 2 rings (SSSR count). The Kier molecular flexibility index (Phi) is 10.0. The Morgan fingerprint density at radius 3 is 2.70 bits per heavy atom. The molecule has 1 aliphatic heterocycles. The molecule has 7 heteroatoms. The van der Waals surface area contributed by atoms with Crippen LogP contribution in [0, 0.1) is 0 Å². The van der Waals surface area contributed by atoms with Crippen LogP contribution in [0.4, 0.5) is 0 Å². The Morgan fingerprint density at radius 2 is 2.07 bits per heavy atom. The smallest absolute Gasteiger partial charge is 0.303 e. The Balaban J connectivity index is 1.80. The molecule has 0 spiro atoms. The summed E-state index contributed by atoms with van der Waals surface area (Å²) in [7, 11) is 0. The van der Waals surface area contributed by atoms with Crippen molar-refractivity contribution in [3.8, 4) is 5.75 Å². The number of ketones is 1. The van der Waals surface area contributed by atoms with Crippen molar-refractivity contribution in [1.82, 2.24) is 0 Å². The van der Waals surface area contributed by atoms with Crippen LogP contribution in [0.15, 0.2) is 12.1 Å². The van der Waals surface area contributed by atoms with Crippen molar-refractivity contribution in [1.29, 1.82) is 0 Å². The first-order valence-corrected chi connectivity index (χ1v) is 12.8. The van der Waals surface area contributed by atoms with Gasteiger partial charge in [-0.05, 0) is 62.0 Å². The van der Waals surface area contributed by atoms with E-state index in [1.54, 1.807) is 17.8 Å². The molecule has 0 radical (unpaired) electrons. The number of phenols is 1. The zero-order valence-corrected chi connectivity index (χ0v) is 19.9. The molecular formula is C23H34O5S2. The number of aryl methyl sites for hydroxylation is 1. The molecule has 0 bridgehead atoms. The first kappa shape index (κ1) is 25.1. The predicted molar refractivity (Wildman–Crippen MR) is 125 cm³/mol. The van der Waals surface area contributed by atoms with Crippen molar-refractivity contribution in [2.45, 2.75) is 75.9 Å². The minimum absolute atomic E-state index is 0.102. The average molecular weight is 455 g/mol. The molecule has 1 heterocycles. The highest BCUT2D eigenvalue weighted by Crippen LogP contribution is 2.44. The first-order valence-electron chi connectivity index (χ1n) is 10.8. The second-order valence-corrected chi connectivity index (χ2v) is 10.6. The molecular weight excluding hydrogens is 420 g/mol. The van der Waals surface area contributed by atoms with E-state index in [2.05, 4.69) is 13.8 Å². The Morgan fingerprint density at radius 1 is 1.30 bits per heavy atom. The van der Waals surface area contributed by atoms with E-state index in [9.17, 15) is 14.7 Å². The van der Waals surface area contributed by atoms with E-state index in [-0.39, 0.29) is 22.9 Å². The van der Waals surface area contributed by atoms with E-state index >= 15 is 0 Å². The number of thioether (sulfide) groups is 2. The van der Waals surface area contributed by atoms with Crippen LogP contribution >= 0.6 is 23.5 Å². The number of hydrogen-bond donors (Lipinski definition) is 2. The van der Waals surface area contributed by atoms with Crippen molar-refractivity contribution in [2.24, 2.45) is 0 Å². The topological polar surface area (TPSA) is 83.8 Å². The van der Waals surface area contributed by atoms with Crippen molar-refractivity contribution >= 4 is 35.3 Å². The van der Waals surface area contributed by atoms with Crippen LogP contribution < -0.4 is 0 Å². The summed E-state index contributed by atoms with van der Waals surface area (Å²) in [6.07, 6.45) is 5.14. The van der Waals surface area contributed by atoms with E-state index in [4.69, 9.17) is 9.84 Å². The number of carboxylic acid groups (broad SMARTS) is 1. The summed E-state index contributed by atoms with van der Waals surface area (Å²) in [5.41, 5.74) is 2.47. The largest absolute Gasteiger partial charge is 0.507 e. The normalized spacial score (nSPS) is 21.1. The second kappa shape index (κ2) is 12.0. The van der Waals surface area contributed by atoms with Gasteiger partial charge in [0.15, 0.2) is 5.78 Å². The van der Waals surface area contributed by atoms with Crippen LogP contribution in [0.3, 0.4) is 0 Å². The van der Waals surface area contributed by atoms with E-state index in [1.165, 1.54) is 6.92 Å². The van der Waals surface area contributed by atoms with Gasteiger partial charge in [0.1, 0.15) is 10.7 Å². The number of carbonyl (C=O) groups excluding carboxylic acids is 1. The van der Waals surface area contributed by atoms with E-state index < -0.39 is 5.97 Å². The Hall–Kier alpha value is -1.18. The molecule has 2 atom stereocenters. The van der Waals surface area contributed by atoms with Crippen molar-refractivity contribution in [3.63, 3.8) is 0 Å². The number of Topliss-reactive ketones (excluding diaryl/α,β-unsaturated/α-hetero) is 1. The summed E-state index contributed by atoms with van der Waals surface area (Å²) in [5, 5.41) is 19.8. The molecule has 1 saturated heterocycles. The molecule has 5 nitrogen and oxygen atoms in total. The van der Waals surface area contributed by atoms with Crippen molar-refractivity contribution < 1.29 is 24.5 Å². The summed E-state index contributed by atoms with van der Waals surface area (Å²) >= 11 is 3.70. The van der Waals surface area contributed by atoms with Crippen molar-refractivity contribution in [3.05, 3.63) is 28.8 Å². The summed E-state index contributed by atoms with van der Waals surface area (Å²) < 4.78 is 6.00. The molecule has 30 heavy (non-hydrogen) atoms. The van der Waals surface area contributed by atoms with Crippen molar-refractivity contribution in [2.75, 3.05) is 18.1 Å². The zero-order chi connectivity index (χ0) is 22.1. The maximum absolute atomic E-state index is 11.7. The van der Waals surface area contributed by atoms with Crippen LogP contribution in [0.2, 0.25) is 0 Å². The minimum atomic E-state index is -0.769. The van der Waals surface area contributed by atoms with E-state index in [0.29, 0.717) is 23.8 Å². The fourth-order valence-corrected chi connectivity index (χ4v) is 6.50. The molecule has 2 N–H and O–H groups in total. The highest BCUT2D eigenvalue weighted by atomic mass is 32.2. The Labute approximate surface area is 188 Å². The molecule has 1 aliphatic rings. The van der Waals surface area contributed by atoms with Gasteiger partial charge >= 0.3 is 5.97 Å². The fraction of sp³-hybridized carbons (Fsp3) is 0.652. The SMILES string of the molecule is CCCc1c(CCCSCC2COC(CC)(CCC(=O)O)S2)ccc(C(C)=O)c1O. The highest BCUT2D eigenvalue weighted by Gasteiger charge is 2.39. The second-order valence-electron chi connectivity index (χ2n) is 7.79. The predicted octanol–water partition coefficient (Wildman–Crippen LogP) is 5.32. The summed E-state index contributed by atoms with van der Waals surface area (Å²) in [6, 6.07) is 3.73. The lowest BCUT2D eigenvalue weighted by molar-refractivity contribution is -0.138. The van der Waals surface area contributed by atoms with Gasteiger partial charge in [0.25, 0.3) is 0 Å². The molecule has 0 amide bonds. The lowest BCUT2D eigenvalue weighted by atomic mass is 9.94. The maximum atomic E-state index is 11.7. The number of hydrogen-bond acceptors (Lipinski definition) is 6. The van der Waals surface area contributed by atoms with Gasteiger partial charge in [0.2, 0.25) is 0 Å². The quantitative estimate of drug-likeness (QED) is 0.308. The van der Waals surface area contributed by atoms with Crippen LogP contribution in [0.25, 0.3) is 0 Å². The molecule has 0 aromatic heterocycles. The maximum Gasteiger partial charge on any atom is 0.303 e. The molecule has 0 aliphatic carbocycles. The van der Waals surface area contributed by atoms with Gasteiger partial charge in [-0.15, -0.1) is 11.8 Å². The molecule has 1 fully saturated rings. The van der Waals surface area contributed by atoms with Gasteiger partial charge in [-0.25, -0.2) is 0 Å². The lowest BCUT2D eigenvalue weighted by Crippen LogP contribution is -2.24. The molecule has 168 valence electrons. The third-order valence-electron chi connectivity index (χ3n) is 5.47. The number of ether oxygens (including phenoxy) is 1. The zero-order valence-electron chi connectivity index (χ0n) is 18.2. The lowest BCUT2D eigenvalue weighted by Gasteiger charge is -2.25. The van der Waals surface area contributed by atoms with Gasteiger partial charge in [-0.3, -0.25) is 9.59 Å². The van der Waals surface area contributed by atoms with E-state index in [0.717, 1.165) is 54.7 Å². The number of rotatable bonds is 13. The first-order chi connectivity index (χ1) is 14.3. The number of aromatic hydroxyl groups is 1. The summed E-state index contributed by atoms with van der Waals surface area (Å²) in [5.74, 6) is 1.30. The van der Waals surface area contributed by atoms with Gasteiger partial charge < -0.3 is 14.9 Å². The highest BCUT2D eigenvalue weighted by molar-refractivity contribution is 8.04. The molecule has 1 aromatic carbocycles.